The number of nitrogens with zero attached hydrogens (tertiary/aromatic N) is 2. The lowest BCUT2D eigenvalue weighted by Crippen LogP contribution is -2.38. The van der Waals surface area contributed by atoms with Gasteiger partial charge in [-0.25, -0.2) is 9.69 Å². The maximum Gasteiger partial charge on any atom is 0.334 e. The number of hydrogen-bond acceptors (Lipinski definition) is 6. The Morgan fingerprint density at radius 3 is 2.35 bits per heavy atom. The summed E-state index contributed by atoms with van der Waals surface area (Å²) in [5.74, 6) is -1.79. The lowest BCUT2D eigenvalue weighted by atomic mass is 10.2. The quantitative estimate of drug-likeness (QED) is 0.607. The molecule has 0 atom stereocenters. The Balaban J connectivity index is 2.13. The van der Waals surface area contributed by atoms with E-state index in [4.69, 9.17) is 9.47 Å². The molecule has 0 saturated carbocycles. The van der Waals surface area contributed by atoms with E-state index < -0.39 is 30.3 Å². The summed E-state index contributed by atoms with van der Waals surface area (Å²) in [6, 6.07) is 3.93. The highest BCUT2D eigenvalue weighted by Gasteiger charge is 2.43. The van der Waals surface area contributed by atoms with E-state index in [1.165, 1.54) is 27.3 Å². The van der Waals surface area contributed by atoms with Gasteiger partial charge in [0.25, 0.3) is 0 Å². The van der Waals surface area contributed by atoms with Gasteiger partial charge in [0.05, 0.1) is 19.9 Å². The number of hydrogen-bond donors (Lipinski definition) is 1. The van der Waals surface area contributed by atoms with E-state index in [2.05, 4.69) is 5.32 Å². The van der Waals surface area contributed by atoms with Gasteiger partial charge >= 0.3 is 17.8 Å². The van der Waals surface area contributed by atoms with Crippen LogP contribution in [0.5, 0.6) is 11.5 Å². The zero-order valence-corrected chi connectivity index (χ0v) is 12.8. The SMILES string of the molecule is COc1ccc(OC)c(NC(=O)CN2C(=O)C(=O)N(C)C2=O)c1. The molecule has 1 aliphatic heterocycles. The van der Waals surface area contributed by atoms with Gasteiger partial charge in [0.1, 0.15) is 18.0 Å². The molecule has 1 fully saturated rings. The van der Waals surface area contributed by atoms with Crippen LogP contribution in [0.2, 0.25) is 0 Å². The molecule has 122 valence electrons. The molecule has 0 bridgehead atoms. The van der Waals surface area contributed by atoms with Crippen molar-refractivity contribution in [1.29, 1.82) is 0 Å². The first-order valence-corrected chi connectivity index (χ1v) is 6.54. The van der Waals surface area contributed by atoms with Crippen molar-refractivity contribution in [2.24, 2.45) is 0 Å². The maximum atomic E-state index is 12.1. The Labute approximate surface area is 131 Å². The first-order valence-electron chi connectivity index (χ1n) is 6.54. The first kappa shape index (κ1) is 16.3. The van der Waals surface area contributed by atoms with Gasteiger partial charge in [0.2, 0.25) is 5.91 Å². The molecule has 0 unspecified atom stereocenters. The van der Waals surface area contributed by atoms with Crippen molar-refractivity contribution in [3.63, 3.8) is 0 Å². The van der Waals surface area contributed by atoms with Crippen LogP contribution in [0.1, 0.15) is 0 Å². The average Bonchev–Trinajstić information content (AvgIpc) is 2.72. The van der Waals surface area contributed by atoms with Crippen molar-refractivity contribution in [3.8, 4) is 11.5 Å². The second-order valence-corrected chi connectivity index (χ2v) is 4.65. The summed E-state index contributed by atoms with van der Waals surface area (Å²) in [6.45, 7) is -0.575. The van der Waals surface area contributed by atoms with Gasteiger partial charge in [-0.15, -0.1) is 0 Å². The second kappa shape index (κ2) is 6.34. The number of nitrogens with one attached hydrogen (secondary N) is 1. The highest BCUT2D eigenvalue weighted by Crippen LogP contribution is 2.28. The van der Waals surface area contributed by atoms with Crippen LogP contribution in [0.25, 0.3) is 0 Å². The molecule has 0 aliphatic carbocycles. The van der Waals surface area contributed by atoms with Crippen LogP contribution in [-0.2, 0) is 14.4 Å². The van der Waals surface area contributed by atoms with Crippen molar-refractivity contribution < 1.29 is 28.7 Å². The minimum atomic E-state index is -1.04. The predicted molar refractivity (Wildman–Crippen MR) is 78.1 cm³/mol. The fourth-order valence-electron chi connectivity index (χ4n) is 2.00. The standard InChI is InChI=1S/C14H15N3O6/c1-16-12(19)13(20)17(14(16)21)7-11(18)15-9-6-8(22-2)4-5-10(9)23-3/h4-6H,7H2,1-3H3,(H,15,18). The zero-order valence-electron chi connectivity index (χ0n) is 12.8. The van der Waals surface area contributed by atoms with E-state index in [0.717, 1.165) is 0 Å². The normalized spacial score (nSPS) is 14.3. The molecule has 1 aromatic carbocycles. The minimum Gasteiger partial charge on any atom is -0.497 e. The highest BCUT2D eigenvalue weighted by molar-refractivity contribution is 6.44. The Hall–Kier alpha value is -3.10. The number of likely N-dealkylation sites (N-methyl/N-ethyl adjacent to an activating group) is 1. The molecule has 0 radical (unpaired) electrons. The van der Waals surface area contributed by atoms with E-state index in [9.17, 15) is 19.2 Å². The molecule has 2 rings (SSSR count). The van der Waals surface area contributed by atoms with Crippen LogP contribution < -0.4 is 14.8 Å². The molecule has 23 heavy (non-hydrogen) atoms. The number of rotatable bonds is 5. The summed E-state index contributed by atoms with van der Waals surface area (Å²) in [7, 11) is 4.07. The number of methoxy groups -OCH3 is 2. The van der Waals surface area contributed by atoms with Crippen molar-refractivity contribution in [2.45, 2.75) is 0 Å². The van der Waals surface area contributed by atoms with Crippen LogP contribution in [0.4, 0.5) is 10.5 Å². The van der Waals surface area contributed by atoms with E-state index in [1.807, 2.05) is 0 Å². The van der Waals surface area contributed by atoms with Gasteiger partial charge in [-0.05, 0) is 12.1 Å². The number of carbonyl (C=O) groups is 4. The van der Waals surface area contributed by atoms with Crippen molar-refractivity contribution >= 4 is 29.4 Å². The van der Waals surface area contributed by atoms with E-state index >= 15 is 0 Å². The number of imide groups is 2. The van der Waals surface area contributed by atoms with Crippen LogP contribution in [0.15, 0.2) is 18.2 Å². The fraction of sp³-hybridized carbons (Fsp3) is 0.286. The third-order valence-corrected chi connectivity index (χ3v) is 3.23. The Morgan fingerprint density at radius 2 is 1.83 bits per heavy atom. The van der Waals surface area contributed by atoms with Crippen molar-refractivity contribution in [2.75, 3.05) is 33.1 Å². The molecular formula is C14H15N3O6. The summed E-state index contributed by atoms with van der Waals surface area (Å²) in [5, 5.41) is 2.51. The number of carbonyl (C=O) groups excluding carboxylic acids is 4. The molecule has 9 heteroatoms. The largest absolute Gasteiger partial charge is 0.497 e. The second-order valence-electron chi connectivity index (χ2n) is 4.65. The molecule has 5 amide bonds. The monoisotopic (exact) mass is 321 g/mol. The summed E-state index contributed by atoms with van der Waals surface area (Å²) >= 11 is 0. The first-order chi connectivity index (χ1) is 10.9. The third-order valence-electron chi connectivity index (χ3n) is 3.23. The van der Waals surface area contributed by atoms with Crippen LogP contribution in [-0.4, -0.2) is 61.4 Å². The van der Waals surface area contributed by atoms with Gasteiger partial charge in [-0.1, -0.05) is 0 Å². The topological polar surface area (TPSA) is 105 Å². The molecule has 1 aliphatic rings. The molecule has 9 nitrogen and oxygen atoms in total. The van der Waals surface area contributed by atoms with Gasteiger partial charge < -0.3 is 14.8 Å². The third kappa shape index (κ3) is 3.07. The molecule has 1 heterocycles. The van der Waals surface area contributed by atoms with E-state index in [1.54, 1.807) is 12.1 Å². The predicted octanol–water partition coefficient (Wildman–Crippen LogP) is 0.0629. The summed E-state index contributed by atoms with van der Waals surface area (Å²) in [5.41, 5.74) is 0.315. The summed E-state index contributed by atoms with van der Waals surface area (Å²) in [6.07, 6.45) is 0. The van der Waals surface area contributed by atoms with Crippen LogP contribution >= 0.6 is 0 Å². The van der Waals surface area contributed by atoms with Crippen LogP contribution in [0, 0.1) is 0 Å². The average molecular weight is 321 g/mol. The number of ether oxygens (including phenoxy) is 2. The lowest BCUT2D eigenvalue weighted by molar-refractivity contribution is -0.143. The highest BCUT2D eigenvalue weighted by atomic mass is 16.5. The molecule has 0 spiro atoms. The molecule has 1 aromatic rings. The number of urea groups is 1. The molecule has 1 saturated heterocycles. The van der Waals surface area contributed by atoms with E-state index in [-0.39, 0.29) is 0 Å². The maximum absolute atomic E-state index is 12.1. The zero-order chi connectivity index (χ0) is 17.1. The minimum absolute atomic E-state index is 0.315. The van der Waals surface area contributed by atoms with Gasteiger partial charge in [-0.2, -0.15) is 0 Å². The summed E-state index contributed by atoms with van der Waals surface area (Å²) < 4.78 is 10.2. The Morgan fingerprint density at radius 1 is 1.13 bits per heavy atom. The Kier molecular flexibility index (Phi) is 4.49. The van der Waals surface area contributed by atoms with Gasteiger partial charge in [0, 0.05) is 13.1 Å². The van der Waals surface area contributed by atoms with E-state index in [0.29, 0.717) is 27.0 Å². The van der Waals surface area contributed by atoms with Crippen LogP contribution in [0.3, 0.4) is 0 Å². The summed E-state index contributed by atoms with van der Waals surface area (Å²) in [4.78, 5) is 48.0. The molecule has 0 aromatic heterocycles. The smallest absolute Gasteiger partial charge is 0.334 e. The number of amides is 5. The number of anilines is 1. The van der Waals surface area contributed by atoms with Crippen molar-refractivity contribution in [1.82, 2.24) is 9.80 Å². The fourth-order valence-corrected chi connectivity index (χ4v) is 2.00. The molecular weight excluding hydrogens is 306 g/mol. The van der Waals surface area contributed by atoms with Gasteiger partial charge in [-0.3, -0.25) is 19.3 Å². The van der Waals surface area contributed by atoms with Gasteiger partial charge in [0.15, 0.2) is 0 Å². The Bertz CT molecular complexity index is 687. The lowest BCUT2D eigenvalue weighted by Gasteiger charge is -2.15. The molecule has 1 N–H and O–H groups in total. The van der Waals surface area contributed by atoms with Crippen molar-refractivity contribution in [3.05, 3.63) is 18.2 Å². The number of benzene rings is 1.